The van der Waals surface area contributed by atoms with Gasteiger partial charge in [-0.15, -0.1) is 11.3 Å². The van der Waals surface area contributed by atoms with Crippen molar-refractivity contribution in [1.29, 1.82) is 0 Å². The van der Waals surface area contributed by atoms with Crippen molar-refractivity contribution in [3.63, 3.8) is 0 Å². The quantitative estimate of drug-likeness (QED) is 0.803. The maximum atomic E-state index is 13.2. The number of rotatable bonds is 5. The largest absolute Gasteiger partial charge is 0.351 e. The van der Waals surface area contributed by atoms with Crippen molar-refractivity contribution < 1.29 is 14.0 Å². The van der Waals surface area contributed by atoms with Gasteiger partial charge in [0.1, 0.15) is 5.82 Å². The number of nitrogens with one attached hydrogen (secondary N) is 2. The van der Waals surface area contributed by atoms with Crippen molar-refractivity contribution in [3.8, 4) is 0 Å². The van der Waals surface area contributed by atoms with Gasteiger partial charge in [-0.25, -0.2) is 9.18 Å². The molecule has 0 bridgehead atoms. The first-order valence-corrected chi connectivity index (χ1v) is 10.0. The van der Waals surface area contributed by atoms with Gasteiger partial charge in [0, 0.05) is 25.3 Å². The van der Waals surface area contributed by atoms with Crippen LogP contribution in [0.4, 0.5) is 14.9 Å². The van der Waals surface area contributed by atoms with Crippen LogP contribution < -0.4 is 10.6 Å². The summed E-state index contributed by atoms with van der Waals surface area (Å²) in [4.78, 5) is 26.9. The van der Waals surface area contributed by atoms with Crippen molar-refractivity contribution >= 4 is 29.0 Å². The van der Waals surface area contributed by atoms with Gasteiger partial charge in [0.2, 0.25) is 0 Å². The van der Waals surface area contributed by atoms with Gasteiger partial charge in [-0.1, -0.05) is 6.07 Å². The number of carbonyl (C=O) groups excluding carboxylic acids is 2. The molecule has 3 rings (SSSR count). The van der Waals surface area contributed by atoms with Crippen molar-refractivity contribution in [3.05, 3.63) is 52.0 Å². The summed E-state index contributed by atoms with van der Waals surface area (Å²) in [6.45, 7) is 3.93. The average Bonchev–Trinajstić information content (AvgIpc) is 3.08. The monoisotopic (exact) mass is 389 g/mol. The number of nitrogens with zero attached hydrogens (tertiary/aromatic N) is 1. The van der Waals surface area contributed by atoms with Crippen LogP contribution in [0.1, 0.15) is 34.5 Å². The van der Waals surface area contributed by atoms with E-state index < -0.39 is 0 Å². The van der Waals surface area contributed by atoms with E-state index in [1.54, 1.807) is 17.0 Å². The summed E-state index contributed by atoms with van der Waals surface area (Å²) in [5.74, 6) is 0.119. The number of thiophene rings is 1. The van der Waals surface area contributed by atoms with Crippen LogP contribution in [0.15, 0.2) is 35.7 Å². The van der Waals surface area contributed by atoms with E-state index in [4.69, 9.17) is 0 Å². The molecule has 2 heterocycles. The summed E-state index contributed by atoms with van der Waals surface area (Å²) in [5.41, 5.74) is 1.48. The molecule has 2 N–H and O–H groups in total. The molecule has 5 nitrogen and oxygen atoms in total. The molecule has 3 amide bonds. The lowest BCUT2D eigenvalue weighted by Crippen LogP contribution is -2.41. The van der Waals surface area contributed by atoms with Gasteiger partial charge >= 0.3 is 6.03 Å². The molecule has 0 unspecified atom stereocenters. The lowest BCUT2D eigenvalue weighted by molar-refractivity contribution is 0.0953. The van der Waals surface area contributed by atoms with Crippen LogP contribution >= 0.6 is 11.3 Å². The fraction of sp³-hybridized carbons (Fsp3) is 0.400. The van der Waals surface area contributed by atoms with Crippen molar-refractivity contribution in [2.24, 2.45) is 5.92 Å². The third-order valence-electron chi connectivity index (χ3n) is 4.88. The first-order valence-electron chi connectivity index (χ1n) is 9.16. The summed E-state index contributed by atoms with van der Waals surface area (Å²) < 4.78 is 13.2. The van der Waals surface area contributed by atoms with E-state index in [1.807, 2.05) is 18.4 Å². The van der Waals surface area contributed by atoms with E-state index in [2.05, 4.69) is 10.6 Å². The number of likely N-dealkylation sites (tertiary alicyclic amines) is 1. The third-order valence-corrected chi connectivity index (χ3v) is 5.90. The predicted octanol–water partition coefficient (Wildman–Crippen LogP) is 4.26. The van der Waals surface area contributed by atoms with Gasteiger partial charge in [-0.3, -0.25) is 4.79 Å². The zero-order chi connectivity index (χ0) is 19.2. The molecular formula is C20H24FN3O2S. The number of amides is 3. The third kappa shape index (κ3) is 5.29. The Morgan fingerprint density at radius 1 is 1.26 bits per heavy atom. The molecule has 1 aromatic heterocycles. The Bertz CT molecular complexity index is 800. The standard InChI is InChI=1S/C20H24FN3O2S/c1-14-8-12-27-18(14)19(25)22-9-5-15-6-10-24(11-7-15)20(26)23-17-4-2-3-16(21)13-17/h2-4,8,12-13,15H,5-7,9-11H2,1H3,(H,22,25)(H,23,26). The Morgan fingerprint density at radius 3 is 2.70 bits per heavy atom. The molecule has 7 heteroatoms. The highest BCUT2D eigenvalue weighted by molar-refractivity contribution is 7.12. The van der Waals surface area contributed by atoms with Gasteiger partial charge in [0.25, 0.3) is 5.91 Å². The summed E-state index contributed by atoms with van der Waals surface area (Å²) >= 11 is 1.46. The van der Waals surface area contributed by atoms with Crippen LogP contribution in [0.5, 0.6) is 0 Å². The number of hydrogen-bond acceptors (Lipinski definition) is 3. The van der Waals surface area contributed by atoms with E-state index >= 15 is 0 Å². The van der Waals surface area contributed by atoms with Crippen molar-refractivity contribution in [2.45, 2.75) is 26.2 Å². The second-order valence-electron chi connectivity index (χ2n) is 6.85. The van der Waals surface area contributed by atoms with Crippen molar-refractivity contribution in [1.82, 2.24) is 10.2 Å². The zero-order valence-corrected chi connectivity index (χ0v) is 16.2. The molecule has 1 aliphatic heterocycles. The summed E-state index contributed by atoms with van der Waals surface area (Å²) in [5, 5.41) is 7.65. The zero-order valence-electron chi connectivity index (χ0n) is 15.3. The number of anilines is 1. The Kier molecular flexibility index (Phi) is 6.45. The lowest BCUT2D eigenvalue weighted by atomic mass is 9.93. The molecule has 0 radical (unpaired) electrons. The fourth-order valence-electron chi connectivity index (χ4n) is 3.27. The smallest absolute Gasteiger partial charge is 0.321 e. The molecule has 1 fully saturated rings. The highest BCUT2D eigenvalue weighted by Gasteiger charge is 2.23. The molecule has 0 spiro atoms. The van der Waals surface area contributed by atoms with Crippen LogP contribution in [0, 0.1) is 18.7 Å². The first-order chi connectivity index (χ1) is 13.0. The SMILES string of the molecule is Cc1ccsc1C(=O)NCCC1CCN(C(=O)Nc2cccc(F)c2)CC1. The Hall–Kier alpha value is -2.41. The topological polar surface area (TPSA) is 61.4 Å². The minimum atomic E-state index is -0.369. The predicted molar refractivity (Wildman–Crippen MR) is 106 cm³/mol. The Labute approximate surface area is 162 Å². The number of hydrogen-bond donors (Lipinski definition) is 2. The maximum Gasteiger partial charge on any atom is 0.321 e. The minimum absolute atomic E-state index is 0.00518. The number of aryl methyl sites for hydroxylation is 1. The van der Waals surface area contributed by atoms with Gasteiger partial charge < -0.3 is 15.5 Å². The molecule has 27 heavy (non-hydrogen) atoms. The average molecular weight is 389 g/mol. The minimum Gasteiger partial charge on any atom is -0.351 e. The fourth-order valence-corrected chi connectivity index (χ4v) is 4.11. The molecule has 0 saturated carbocycles. The highest BCUT2D eigenvalue weighted by atomic mass is 32.1. The number of carbonyl (C=O) groups is 2. The molecule has 0 aliphatic carbocycles. The number of halogens is 1. The molecule has 144 valence electrons. The van der Waals surface area contributed by atoms with Gasteiger partial charge in [0.15, 0.2) is 0 Å². The van der Waals surface area contributed by atoms with Crippen LogP contribution in [0.25, 0.3) is 0 Å². The number of piperidine rings is 1. The first kappa shape index (κ1) is 19.4. The molecule has 1 aliphatic rings. The van der Waals surface area contributed by atoms with E-state index in [0.29, 0.717) is 31.2 Å². The number of urea groups is 1. The van der Waals surface area contributed by atoms with Gasteiger partial charge in [-0.2, -0.15) is 0 Å². The molecular weight excluding hydrogens is 365 g/mol. The van der Waals surface area contributed by atoms with E-state index in [9.17, 15) is 14.0 Å². The summed E-state index contributed by atoms with van der Waals surface area (Å²) in [7, 11) is 0. The second-order valence-corrected chi connectivity index (χ2v) is 7.76. The van der Waals surface area contributed by atoms with E-state index in [-0.39, 0.29) is 17.8 Å². The summed E-state index contributed by atoms with van der Waals surface area (Å²) in [6, 6.07) is 7.65. The molecule has 2 aromatic rings. The van der Waals surface area contributed by atoms with Crippen LogP contribution in [-0.2, 0) is 0 Å². The Morgan fingerprint density at radius 2 is 2.04 bits per heavy atom. The van der Waals surface area contributed by atoms with Gasteiger partial charge in [0.05, 0.1) is 4.88 Å². The number of benzene rings is 1. The van der Waals surface area contributed by atoms with E-state index in [1.165, 1.54) is 23.5 Å². The van der Waals surface area contributed by atoms with E-state index in [0.717, 1.165) is 29.7 Å². The molecule has 1 saturated heterocycles. The van der Waals surface area contributed by atoms with Crippen LogP contribution in [0.3, 0.4) is 0 Å². The molecule has 0 atom stereocenters. The lowest BCUT2D eigenvalue weighted by Gasteiger charge is -2.32. The maximum absolute atomic E-state index is 13.2. The summed E-state index contributed by atoms with van der Waals surface area (Å²) in [6.07, 6.45) is 2.73. The normalized spacial score (nSPS) is 14.8. The van der Waals surface area contributed by atoms with Crippen LogP contribution in [-0.4, -0.2) is 36.5 Å². The molecule has 1 aromatic carbocycles. The van der Waals surface area contributed by atoms with Gasteiger partial charge in [-0.05, 0) is 67.3 Å². The van der Waals surface area contributed by atoms with Crippen molar-refractivity contribution in [2.75, 3.05) is 25.0 Å². The highest BCUT2D eigenvalue weighted by Crippen LogP contribution is 2.21. The second kappa shape index (κ2) is 8.99. The van der Waals surface area contributed by atoms with Crippen LogP contribution in [0.2, 0.25) is 0 Å². The Balaban J connectivity index is 1.38.